The van der Waals surface area contributed by atoms with Crippen molar-refractivity contribution >= 4 is 28.2 Å². The van der Waals surface area contributed by atoms with Gasteiger partial charge in [0.25, 0.3) is 0 Å². The minimum absolute atomic E-state index is 0.00990. The van der Waals surface area contributed by atoms with Gasteiger partial charge in [-0.2, -0.15) is 0 Å². The number of amides is 1. The van der Waals surface area contributed by atoms with Crippen molar-refractivity contribution in [1.29, 1.82) is 0 Å². The predicted molar refractivity (Wildman–Crippen MR) is 162 cm³/mol. The molecule has 4 heterocycles. The van der Waals surface area contributed by atoms with E-state index < -0.39 is 0 Å². The third-order valence-electron chi connectivity index (χ3n) is 8.55. The molecule has 1 N–H and O–H groups in total. The molecule has 0 spiro atoms. The lowest BCUT2D eigenvalue weighted by molar-refractivity contribution is -0.126. The van der Waals surface area contributed by atoms with Crippen LogP contribution < -0.4 is 9.80 Å². The second kappa shape index (κ2) is 12.4. The zero-order chi connectivity index (χ0) is 28.2. The molecule has 0 aliphatic carbocycles. The first-order valence-electron chi connectivity index (χ1n) is 14.9. The molecule has 3 aliphatic rings. The molecule has 0 saturated carbocycles. The van der Waals surface area contributed by atoms with Crippen LogP contribution in [0.3, 0.4) is 0 Å². The number of morpholine rings is 1. The maximum Gasteiger partial charge on any atom is 0.246 e. The Morgan fingerprint density at radius 2 is 1.78 bits per heavy atom. The summed E-state index contributed by atoms with van der Waals surface area (Å²) in [7, 11) is 0. The normalized spacial score (nSPS) is 18.0. The number of benzene rings is 2. The van der Waals surface area contributed by atoms with Crippen molar-refractivity contribution in [1.82, 2.24) is 19.8 Å². The van der Waals surface area contributed by atoms with Gasteiger partial charge >= 0.3 is 0 Å². The Morgan fingerprint density at radius 1 is 0.976 bits per heavy atom. The van der Waals surface area contributed by atoms with Crippen LogP contribution in [0.25, 0.3) is 10.8 Å². The fraction of sp³-hybridized carbons (Fsp3) is 0.469. The number of piperazine rings is 1. The number of fused-ring (bicyclic) bond motifs is 2. The molecule has 9 heteroatoms. The monoisotopic (exact) mass is 556 g/mol. The molecule has 9 nitrogen and oxygen atoms in total. The van der Waals surface area contributed by atoms with Gasteiger partial charge in [0, 0.05) is 74.9 Å². The number of aromatic nitrogens is 2. The molecule has 3 aromatic rings. The smallest absolute Gasteiger partial charge is 0.246 e. The van der Waals surface area contributed by atoms with E-state index in [0.717, 1.165) is 112 Å². The van der Waals surface area contributed by atoms with Crippen LogP contribution in [0, 0.1) is 0 Å². The number of unbranched alkanes of at least 4 members (excludes halogenated alkanes) is 1. The Morgan fingerprint density at radius 3 is 2.59 bits per heavy atom. The molecule has 2 fully saturated rings. The van der Waals surface area contributed by atoms with Gasteiger partial charge in [0.1, 0.15) is 17.4 Å². The summed E-state index contributed by atoms with van der Waals surface area (Å²) >= 11 is 0. The third kappa shape index (κ3) is 6.16. The average molecular weight is 557 g/mol. The Kier molecular flexibility index (Phi) is 8.34. The number of phenols is 1. The summed E-state index contributed by atoms with van der Waals surface area (Å²) in [5.41, 5.74) is 3.32. The zero-order valence-electron chi connectivity index (χ0n) is 23.8. The number of hydrogen-bond donors (Lipinski definition) is 1. The number of aryl methyl sites for hydroxylation is 1. The molecule has 41 heavy (non-hydrogen) atoms. The molecule has 2 aromatic carbocycles. The first-order chi connectivity index (χ1) is 20.1. The molecule has 1 aromatic heterocycles. The highest BCUT2D eigenvalue weighted by Crippen LogP contribution is 2.36. The molecule has 3 aliphatic heterocycles. The topological polar surface area (TPSA) is 85.3 Å². The fourth-order valence-electron chi connectivity index (χ4n) is 6.29. The van der Waals surface area contributed by atoms with Crippen LogP contribution in [-0.4, -0.2) is 96.4 Å². The van der Waals surface area contributed by atoms with Crippen molar-refractivity contribution < 1.29 is 14.6 Å². The van der Waals surface area contributed by atoms with Gasteiger partial charge in [-0.3, -0.25) is 9.69 Å². The third-order valence-corrected chi connectivity index (χ3v) is 8.55. The fourth-order valence-corrected chi connectivity index (χ4v) is 6.29. The Bertz CT molecular complexity index is 1400. The maximum atomic E-state index is 12.2. The Labute approximate surface area is 242 Å². The van der Waals surface area contributed by atoms with Crippen LogP contribution >= 0.6 is 0 Å². The highest BCUT2D eigenvalue weighted by molar-refractivity contribution is 5.95. The minimum atomic E-state index is -0.00990. The molecule has 0 atom stereocenters. The maximum absolute atomic E-state index is 12.2. The van der Waals surface area contributed by atoms with E-state index in [1.807, 2.05) is 35.2 Å². The van der Waals surface area contributed by atoms with Gasteiger partial charge < -0.3 is 24.5 Å². The Balaban J connectivity index is 1.24. The van der Waals surface area contributed by atoms with Crippen LogP contribution in [-0.2, 0) is 28.9 Å². The Hall–Kier alpha value is -3.69. The molecule has 6 rings (SSSR count). The number of aromatic hydroxyl groups is 1. The molecule has 1 amide bonds. The SMILES string of the molecule is C=CC(=O)N1CCN(c2nc(CCCCN3CCOCC3)nc3c2CCN(c2cc(O)cc4ccccc24)C3)CC1. The van der Waals surface area contributed by atoms with E-state index in [1.54, 1.807) is 0 Å². The van der Waals surface area contributed by atoms with E-state index in [-0.39, 0.29) is 11.7 Å². The second-order valence-electron chi connectivity index (χ2n) is 11.2. The highest BCUT2D eigenvalue weighted by Gasteiger charge is 2.28. The van der Waals surface area contributed by atoms with Gasteiger partial charge in [0.15, 0.2) is 0 Å². The van der Waals surface area contributed by atoms with Gasteiger partial charge in [0.05, 0.1) is 25.5 Å². The van der Waals surface area contributed by atoms with Crippen LogP contribution in [0.15, 0.2) is 49.1 Å². The van der Waals surface area contributed by atoms with E-state index in [4.69, 9.17) is 14.7 Å². The average Bonchev–Trinajstić information content (AvgIpc) is 3.02. The molecule has 0 radical (unpaired) electrons. The van der Waals surface area contributed by atoms with E-state index in [1.165, 1.54) is 11.6 Å². The molecule has 0 unspecified atom stereocenters. The lowest BCUT2D eigenvalue weighted by atomic mass is 10.0. The number of rotatable bonds is 8. The van der Waals surface area contributed by atoms with Crippen molar-refractivity contribution in [3.8, 4) is 5.75 Å². The van der Waals surface area contributed by atoms with Crippen molar-refractivity contribution in [2.24, 2.45) is 0 Å². The number of ether oxygens (including phenoxy) is 1. The van der Waals surface area contributed by atoms with E-state index in [9.17, 15) is 9.90 Å². The lowest BCUT2D eigenvalue weighted by Gasteiger charge is -2.38. The van der Waals surface area contributed by atoms with Gasteiger partial charge in [0.2, 0.25) is 5.91 Å². The lowest BCUT2D eigenvalue weighted by Crippen LogP contribution is -2.49. The summed E-state index contributed by atoms with van der Waals surface area (Å²) < 4.78 is 5.49. The minimum Gasteiger partial charge on any atom is -0.508 e. The summed E-state index contributed by atoms with van der Waals surface area (Å²) in [4.78, 5) is 31.5. The summed E-state index contributed by atoms with van der Waals surface area (Å²) in [6, 6.07) is 11.9. The summed E-state index contributed by atoms with van der Waals surface area (Å²) in [6.07, 6.45) is 5.22. The number of carbonyl (C=O) groups is 1. The van der Waals surface area contributed by atoms with E-state index >= 15 is 0 Å². The van der Waals surface area contributed by atoms with E-state index in [0.29, 0.717) is 19.6 Å². The second-order valence-corrected chi connectivity index (χ2v) is 11.2. The summed E-state index contributed by atoms with van der Waals surface area (Å²) in [5, 5.41) is 12.7. The number of nitrogens with zero attached hydrogens (tertiary/aromatic N) is 6. The number of hydrogen-bond acceptors (Lipinski definition) is 8. The van der Waals surface area contributed by atoms with Crippen LogP contribution in [0.5, 0.6) is 5.75 Å². The first kappa shape index (κ1) is 27.5. The van der Waals surface area contributed by atoms with Gasteiger partial charge in [-0.15, -0.1) is 0 Å². The van der Waals surface area contributed by atoms with Crippen molar-refractivity contribution in [3.05, 3.63) is 66.1 Å². The quantitative estimate of drug-likeness (QED) is 0.334. The standard InChI is InChI=1S/C32H40N6O3/c1-2-31(40)36-13-15-37(16-14-36)32-27-10-12-38(29-22-25(39)21-24-7-3-4-8-26(24)29)23-28(27)33-30(34-32)9-5-6-11-35-17-19-41-20-18-35/h2-4,7-8,21-22,39H,1,5-6,9-20,23H2. The van der Waals surface area contributed by atoms with Crippen LogP contribution in [0.4, 0.5) is 11.5 Å². The molecular formula is C32H40N6O3. The van der Waals surface area contributed by atoms with Crippen LogP contribution in [0.2, 0.25) is 0 Å². The molecule has 2 saturated heterocycles. The van der Waals surface area contributed by atoms with Crippen molar-refractivity contribution in [3.63, 3.8) is 0 Å². The van der Waals surface area contributed by atoms with Gasteiger partial charge in [-0.1, -0.05) is 30.8 Å². The van der Waals surface area contributed by atoms with E-state index in [2.05, 4.69) is 27.3 Å². The number of phenolic OH excluding ortho intramolecular Hbond substituents is 1. The van der Waals surface area contributed by atoms with Gasteiger partial charge in [-0.25, -0.2) is 9.97 Å². The number of carbonyl (C=O) groups excluding carboxylic acids is 1. The molecule has 216 valence electrons. The summed E-state index contributed by atoms with van der Waals surface area (Å²) in [6.45, 7) is 12.7. The molecule has 0 bridgehead atoms. The van der Waals surface area contributed by atoms with Crippen molar-refractivity contribution in [2.75, 3.05) is 75.4 Å². The van der Waals surface area contributed by atoms with Crippen LogP contribution in [0.1, 0.15) is 29.9 Å². The summed E-state index contributed by atoms with van der Waals surface area (Å²) in [5.74, 6) is 2.20. The van der Waals surface area contributed by atoms with Gasteiger partial charge in [-0.05, 0) is 43.3 Å². The molecular weight excluding hydrogens is 516 g/mol. The predicted octanol–water partition coefficient (Wildman–Crippen LogP) is 3.39. The van der Waals surface area contributed by atoms with Crippen molar-refractivity contribution in [2.45, 2.75) is 32.2 Å². The largest absolute Gasteiger partial charge is 0.508 e. The highest BCUT2D eigenvalue weighted by atomic mass is 16.5. The first-order valence-corrected chi connectivity index (χ1v) is 14.9. The number of anilines is 2. The zero-order valence-corrected chi connectivity index (χ0v) is 23.8.